The van der Waals surface area contributed by atoms with Crippen LogP contribution >= 0.6 is 0 Å². The molecule has 2 bridgehead atoms. The van der Waals surface area contributed by atoms with Gasteiger partial charge < -0.3 is 0 Å². The maximum Gasteiger partial charge on any atom is 0.141 e. The third kappa shape index (κ3) is 0.749. The first kappa shape index (κ1) is 7.31. The van der Waals surface area contributed by atoms with E-state index in [1.54, 1.807) is 0 Å². The molecule has 2 aliphatic carbocycles. The largest absolute Gasteiger partial charge is 0.299 e. The van der Waals surface area contributed by atoms with Crippen molar-refractivity contribution in [1.29, 1.82) is 0 Å². The van der Waals surface area contributed by atoms with Crippen LogP contribution in [-0.4, -0.2) is 5.78 Å². The lowest BCUT2D eigenvalue weighted by Crippen LogP contribution is -2.09. The molecule has 3 unspecified atom stereocenters. The molecule has 1 heteroatoms. The van der Waals surface area contributed by atoms with Gasteiger partial charge in [-0.1, -0.05) is 31.2 Å². The number of Topliss-reactive ketones (excluding diaryl/α,β-unsaturated/α-hetero) is 1. The van der Waals surface area contributed by atoms with Gasteiger partial charge in [-0.05, 0) is 23.0 Å². The molecule has 0 heterocycles. The first-order chi connectivity index (χ1) is 6.29. The van der Waals surface area contributed by atoms with Gasteiger partial charge in [-0.3, -0.25) is 4.79 Å². The summed E-state index contributed by atoms with van der Waals surface area (Å²) < 4.78 is 0. The fourth-order valence-corrected chi connectivity index (χ4v) is 3.04. The highest BCUT2D eigenvalue weighted by molar-refractivity contribution is 5.92. The Morgan fingerprint density at radius 3 is 2.69 bits per heavy atom. The van der Waals surface area contributed by atoms with Gasteiger partial charge >= 0.3 is 0 Å². The Morgan fingerprint density at radius 1 is 1.23 bits per heavy atom. The van der Waals surface area contributed by atoms with E-state index in [-0.39, 0.29) is 5.92 Å². The molecular weight excluding hydrogens is 160 g/mol. The first-order valence-electron chi connectivity index (χ1n) is 4.90. The third-order valence-electron chi connectivity index (χ3n) is 3.66. The molecule has 0 saturated heterocycles. The summed E-state index contributed by atoms with van der Waals surface area (Å²) in [6.07, 6.45) is 0.781. The van der Waals surface area contributed by atoms with Crippen LogP contribution in [0, 0.1) is 5.92 Å². The summed E-state index contributed by atoms with van der Waals surface area (Å²) >= 11 is 0. The van der Waals surface area contributed by atoms with Gasteiger partial charge in [-0.25, -0.2) is 0 Å². The summed E-state index contributed by atoms with van der Waals surface area (Å²) in [5, 5.41) is 0. The quantitative estimate of drug-likeness (QED) is 0.587. The van der Waals surface area contributed by atoms with Gasteiger partial charge in [-0.15, -0.1) is 0 Å². The molecule has 0 amide bonds. The van der Waals surface area contributed by atoms with Crippen molar-refractivity contribution in [3.05, 3.63) is 35.4 Å². The molecule has 0 N–H and O–H groups in total. The highest BCUT2D eigenvalue weighted by Gasteiger charge is 2.48. The van der Waals surface area contributed by atoms with Crippen molar-refractivity contribution in [2.24, 2.45) is 5.92 Å². The smallest absolute Gasteiger partial charge is 0.141 e. The van der Waals surface area contributed by atoms with Crippen LogP contribution in [0.3, 0.4) is 0 Å². The Balaban J connectivity index is 2.24. The Kier molecular flexibility index (Phi) is 1.25. The van der Waals surface area contributed by atoms with Crippen molar-refractivity contribution in [3.8, 4) is 0 Å². The number of carbonyl (C=O) groups excluding carboxylic acids is 1. The predicted octanol–water partition coefficient (Wildman–Crippen LogP) is 2.48. The van der Waals surface area contributed by atoms with E-state index < -0.39 is 0 Å². The van der Waals surface area contributed by atoms with Crippen LogP contribution < -0.4 is 0 Å². The van der Waals surface area contributed by atoms with Crippen LogP contribution in [0.2, 0.25) is 0 Å². The molecule has 66 valence electrons. The maximum atomic E-state index is 11.6. The van der Waals surface area contributed by atoms with Crippen LogP contribution in [0.1, 0.15) is 36.3 Å². The predicted molar refractivity (Wildman–Crippen MR) is 50.7 cm³/mol. The van der Waals surface area contributed by atoms with Gasteiger partial charge in [0.1, 0.15) is 5.78 Å². The van der Waals surface area contributed by atoms with Crippen LogP contribution in [0.5, 0.6) is 0 Å². The van der Waals surface area contributed by atoms with Gasteiger partial charge in [0, 0.05) is 12.3 Å². The highest BCUT2D eigenvalue weighted by Crippen LogP contribution is 2.54. The van der Waals surface area contributed by atoms with Gasteiger partial charge in [0.2, 0.25) is 0 Å². The molecule has 0 aliphatic heterocycles. The van der Waals surface area contributed by atoms with E-state index in [1.807, 2.05) is 6.07 Å². The number of hydrogen-bond donors (Lipinski definition) is 0. The molecule has 0 radical (unpaired) electrons. The van der Waals surface area contributed by atoms with E-state index >= 15 is 0 Å². The van der Waals surface area contributed by atoms with E-state index in [0.29, 0.717) is 17.6 Å². The third-order valence-corrected chi connectivity index (χ3v) is 3.66. The normalized spacial score (nSPS) is 35.2. The average molecular weight is 172 g/mol. The first-order valence-corrected chi connectivity index (χ1v) is 4.90. The number of carbonyl (C=O) groups is 1. The number of benzene rings is 1. The second-order valence-electron chi connectivity index (χ2n) is 4.24. The average Bonchev–Trinajstić information content (AvgIpc) is 2.56. The molecule has 0 spiro atoms. The molecule has 13 heavy (non-hydrogen) atoms. The minimum atomic E-state index is 0.223. The fourth-order valence-electron chi connectivity index (χ4n) is 3.04. The fraction of sp³-hybridized carbons (Fsp3) is 0.417. The minimum Gasteiger partial charge on any atom is -0.299 e. The maximum absolute atomic E-state index is 11.6. The summed E-state index contributed by atoms with van der Waals surface area (Å²) in [7, 11) is 0. The van der Waals surface area contributed by atoms with Crippen molar-refractivity contribution in [2.45, 2.75) is 25.2 Å². The Labute approximate surface area is 77.8 Å². The molecule has 0 aromatic heterocycles. The van der Waals surface area contributed by atoms with Crippen LogP contribution in [0.25, 0.3) is 0 Å². The number of ketones is 1. The molecule has 1 fully saturated rings. The Bertz CT molecular complexity index is 380. The van der Waals surface area contributed by atoms with E-state index in [4.69, 9.17) is 0 Å². The van der Waals surface area contributed by atoms with Crippen molar-refractivity contribution in [3.63, 3.8) is 0 Å². The molecular formula is C12H12O. The lowest BCUT2D eigenvalue weighted by Gasteiger charge is -2.12. The second-order valence-corrected chi connectivity index (χ2v) is 4.24. The Hall–Kier alpha value is -1.11. The SMILES string of the molecule is CC1C2CC(=O)C1c1ccccc12. The van der Waals surface area contributed by atoms with Crippen molar-refractivity contribution < 1.29 is 4.79 Å². The zero-order valence-electron chi connectivity index (χ0n) is 7.66. The minimum absolute atomic E-state index is 0.223. The molecule has 1 aromatic carbocycles. The standard InChI is InChI=1S/C12H12O/c1-7-10-6-11(13)12(7)9-5-3-2-4-8(9)10/h2-5,7,10,12H,6H2,1H3. The number of hydrogen-bond acceptors (Lipinski definition) is 1. The second kappa shape index (κ2) is 2.22. The highest BCUT2D eigenvalue weighted by atomic mass is 16.1. The van der Waals surface area contributed by atoms with Crippen LogP contribution in [0.4, 0.5) is 0 Å². The monoisotopic (exact) mass is 172 g/mol. The number of rotatable bonds is 0. The van der Waals surface area contributed by atoms with Gasteiger partial charge in [0.05, 0.1) is 0 Å². The number of fused-ring (bicyclic) bond motifs is 5. The summed E-state index contributed by atoms with van der Waals surface area (Å²) in [6, 6.07) is 8.42. The van der Waals surface area contributed by atoms with Gasteiger partial charge in [0.25, 0.3) is 0 Å². The summed E-state index contributed by atoms with van der Waals surface area (Å²) in [6.45, 7) is 2.21. The van der Waals surface area contributed by atoms with E-state index in [1.165, 1.54) is 11.1 Å². The van der Waals surface area contributed by atoms with Crippen LogP contribution in [-0.2, 0) is 4.79 Å². The zero-order chi connectivity index (χ0) is 9.00. The van der Waals surface area contributed by atoms with E-state index in [9.17, 15) is 4.79 Å². The lowest BCUT2D eigenvalue weighted by molar-refractivity contribution is -0.119. The molecule has 3 rings (SSSR count). The van der Waals surface area contributed by atoms with Crippen molar-refractivity contribution >= 4 is 5.78 Å². The molecule has 2 aliphatic rings. The zero-order valence-corrected chi connectivity index (χ0v) is 7.66. The molecule has 1 nitrogen and oxygen atoms in total. The van der Waals surface area contributed by atoms with Crippen molar-refractivity contribution in [2.75, 3.05) is 0 Å². The van der Waals surface area contributed by atoms with Gasteiger partial charge in [-0.2, -0.15) is 0 Å². The van der Waals surface area contributed by atoms with Crippen molar-refractivity contribution in [1.82, 2.24) is 0 Å². The Morgan fingerprint density at radius 2 is 1.92 bits per heavy atom. The summed E-state index contributed by atoms with van der Waals surface area (Å²) in [4.78, 5) is 11.6. The molecule has 3 atom stereocenters. The molecule has 1 saturated carbocycles. The molecule has 1 aromatic rings. The van der Waals surface area contributed by atoms with Crippen LogP contribution in [0.15, 0.2) is 24.3 Å². The summed E-state index contributed by atoms with van der Waals surface area (Å²) in [5.41, 5.74) is 2.73. The van der Waals surface area contributed by atoms with E-state index in [0.717, 1.165) is 6.42 Å². The summed E-state index contributed by atoms with van der Waals surface area (Å²) in [5.74, 6) is 1.75. The topological polar surface area (TPSA) is 17.1 Å². The lowest BCUT2D eigenvalue weighted by atomic mass is 9.91. The van der Waals surface area contributed by atoms with E-state index in [2.05, 4.69) is 25.1 Å². The van der Waals surface area contributed by atoms with Gasteiger partial charge in [0.15, 0.2) is 0 Å².